The molecular formula is C21H32ClN3O2. The summed E-state index contributed by atoms with van der Waals surface area (Å²) in [5.41, 5.74) is 0.877. The minimum Gasteiger partial charge on any atom is -0.356 e. The summed E-state index contributed by atoms with van der Waals surface area (Å²) in [5, 5.41) is 6.46. The summed E-state index contributed by atoms with van der Waals surface area (Å²) >= 11 is 5.92. The van der Waals surface area contributed by atoms with Crippen molar-refractivity contribution in [3.05, 3.63) is 34.9 Å². The molecule has 5 nitrogen and oxygen atoms in total. The molecule has 1 aromatic carbocycles. The average Bonchev–Trinajstić information content (AvgIpc) is 2.65. The molecule has 1 atom stereocenters. The second-order valence-corrected chi connectivity index (χ2v) is 7.92. The molecule has 27 heavy (non-hydrogen) atoms. The Balaban J connectivity index is 1.74. The fourth-order valence-electron chi connectivity index (χ4n) is 3.71. The molecule has 0 bridgehead atoms. The number of carbonyl (C=O) groups excluding carboxylic acids is 2. The summed E-state index contributed by atoms with van der Waals surface area (Å²) in [7, 11) is 2.19. The highest BCUT2D eigenvalue weighted by Crippen LogP contribution is 2.22. The van der Waals surface area contributed by atoms with E-state index in [0.29, 0.717) is 17.6 Å². The lowest BCUT2D eigenvalue weighted by atomic mass is 9.94. The van der Waals surface area contributed by atoms with E-state index in [1.165, 1.54) is 39.0 Å². The van der Waals surface area contributed by atoms with Crippen LogP contribution in [0.3, 0.4) is 0 Å². The van der Waals surface area contributed by atoms with Gasteiger partial charge in [0.25, 0.3) is 0 Å². The highest BCUT2D eigenvalue weighted by atomic mass is 35.5. The Bertz CT molecular complexity index is 600. The van der Waals surface area contributed by atoms with Gasteiger partial charge in [0.15, 0.2) is 0 Å². The van der Waals surface area contributed by atoms with Gasteiger partial charge in [0.2, 0.25) is 11.8 Å². The monoisotopic (exact) mass is 393 g/mol. The number of carbonyl (C=O) groups is 2. The van der Waals surface area contributed by atoms with Gasteiger partial charge < -0.3 is 15.5 Å². The molecule has 0 radical (unpaired) electrons. The molecule has 1 saturated carbocycles. The van der Waals surface area contributed by atoms with Crippen LogP contribution in [0, 0.1) is 0 Å². The second kappa shape index (κ2) is 11.3. The molecular weight excluding hydrogens is 362 g/mol. The van der Waals surface area contributed by atoms with Crippen molar-refractivity contribution >= 4 is 23.4 Å². The first kappa shape index (κ1) is 21.7. The number of hydrogen-bond acceptors (Lipinski definition) is 3. The van der Waals surface area contributed by atoms with Gasteiger partial charge in [0.05, 0.1) is 12.5 Å². The van der Waals surface area contributed by atoms with Crippen LogP contribution in [0.15, 0.2) is 24.3 Å². The molecule has 0 aromatic heterocycles. The lowest BCUT2D eigenvalue weighted by Gasteiger charge is -2.31. The molecule has 1 aromatic rings. The van der Waals surface area contributed by atoms with Gasteiger partial charge in [-0.15, -0.1) is 0 Å². The van der Waals surface area contributed by atoms with E-state index in [9.17, 15) is 9.59 Å². The Hall–Kier alpha value is -1.59. The van der Waals surface area contributed by atoms with Crippen LogP contribution in [-0.2, 0) is 9.59 Å². The Labute approximate surface area is 167 Å². The fraction of sp³-hybridized carbons (Fsp3) is 0.619. The number of nitrogens with zero attached hydrogens (tertiary/aromatic N) is 1. The molecule has 0 heterocycles. The average molecular weight is 394 g/mol. The lowest BCUT2D eigenvalue weighted by molar-refractivity contribution is -0.122. The smallest absolute Gasteiger partial charge is 0.222 e. The maximum Gasteiger partial charge on any atom is 0.222 e. The van der Waals surface area contributed by atoms with Crippen molar-refractivity contribution in [1.29, 1.82) is 0 Å². The minimum absolute atomic E-state index is 0.0518. The molecule has 150 valence electrons. The van der Waals surface area contributed by atoms with E-state index in [2.05, 4.69) is 22.6 Å². The van der Waals surface area contributed by atoms with Crippen LogP contribution >= 0.6 is 11.6 Å². The number of nitrogens with one attached hydrogen (secondary N) is 2. The number of amides is 2. The second-order valence-electron chi connectivity index (χ2n) is 7.48. The topological polar surface area (TPSA) is 61.4 Å². The van der Waals surface area contributed by atoms with Gasteiger partial charge in [0.1, 0.15) is 0 Å². The predicted octanol–water partition coefficient (Wildman–Crippen LogP) is 3.68. The highest BCUT2D eigenvalue weighted by Gasteiger charge is 2.18. The van der Waals surface area contributed by atoms with Crippen LogP contribution in [-0.4, -0.2) is 42.9 Å². The van der Waals surface area contributed by atoms with Gasteiger partial charge in [-0.1, -0.05) is 43.0 Å². The van der Waals surface area contributed by atoms with E-state index in [4.69, 9.17) is 11.6 Å². The normalized spacial score (nSPS) is 16.1. The van der Waals surface area contributed by atoms with E-state index >= 15 is 0 Å². The number of rotatable bonds is 9. The van der Waals surface area contributed by atoms with Gasteiger partial charge in [-0.3, -0.25) is 9.59 Å². The summed E-state index contributed by atoms with van der Waals surface area (Å²) in [5.74, 6) is -0.208. The molecule has 0 saturated heterocycles. The molecule has 1 aliphatic carbocycles. The molecule has 6 heteroatoms. The third-order valence-electron chi connectivity index (χ3n) is 5.25. The summed E-state index contributed by atoms with van der Waals surface area (Å²) in [6.07, 6.45) is 7.78. The van der Waals surface area contributed by atoms with Crippen molar-refractivity contribution < 1.29 is 9.59 Å². The zero-order valence-electron chi connectivity index (χ0n) is 16.5. The number of benzene rings is 1. The van der Waals surface area contributed by atoms with Crippen LogP contribution < -0.4 is 10.6 Å². The summed E-state index contributed by atoms with van der Waals surface area (Å²) < 4.78 is 0. The summed E-state index contributed by atoms with van der Waals surface area (Å²) in [6.45, 7) is 3.11. The lowest BCUT2D eigenvalue weighted by Crippen LogP contribution is -2.36. The fourth-order valence-corrected chi connectivity index (χ4v) is 3.84. The largest absolute Gasteiger partial charge is 0.356 e. The Morgan fingerprint density at radius 2 is 1.85 bits per heavy atom. The maximum atomic E-state index is 12.3. The molecule has 0 spiro atoms. The number of hydrogen-bond donors (Lipinski definition) is 2. The maximum absolute atomic E-state index is 12.3. The van der Waals surface area contributed by atoms with Crippen LogP contribution in [0.25, 0.3) is 0 Å². The van der Waals surface area contributed by atoms with Crippen LogP contribution in [0.1, 0.15) is 63.5 Å². The van der Waals surface area contributed by atoms with Crippen LogP contribution in [0.4, 0.5) is 0 Å². The van der Waals surface area contributed by atoms with Gasteiger partial charge >= 0.3 is 0 Å². The summed E-state index contributed by atoms with van der Waals surface area (Å²) in [4.78, 5) is 26.2. The Kier molecular flexibility index (Phi) is 9.08. The van der Waals surface area contributed by atoms with E-state index in [1.807, 2.05) is 12.1 Å². The van der Waals surface area contributed by atoms with E-state index in [1.54, 1.807) is 12.1 Å². The van der Waals surface area contributed by atoms with Crippen molar-refractivity contribution in [2.24, 2.45) is 0 Å². The molecule has 2 rings (SSSR count). The third kappa shape index (κ3) is 7.89. The molecule has 2 N–H and O–H groups in total. The quantitative estimate of drug-likeness (QED) is 0.629. The van der Waals surface area contributed by atoms with Crippen molar-refractivity contribution in [2.45, 2.75) is 64.0 Å². The predicted molar refractivity (Wildman–Crippen MR) is 110 cm³/mol. The molecule has 1 aliphatic rings. The van der Waals surface area contributed by atoms with Gasteiger partial charge in [-0.05, 0) is 50.6 Å². The van der Waals surface area contributed by atoms with Crippen molar-refractivity contribution in [1.82, 2.24) is 15.5 Å². The zero-order valence-corrected chi connectivity index (χ0v) is 17.2. The third-order valence-corrected chi connectivity index (χ3v) is 5.50. The van der Waals surface area contributed by atoms with Gasteiger partial charge in [-0.25, -0.2) is 0 Å². The molecule has 2 amide bonds. The van der Waals surface area contributed by atoms with Crippen LogP contribution in [0.5, 0.6) is 0 Å². The summed E-state index contributed by atoms with van der Waals surface area (Å²) in [6, 6.07) is 7.58. The minimum atomic E-state index is -0.343. The standard InChI is InChI=1S/C21H32ClN3O2/c1-16(26)24-20(17-9-11-18(22)12-10-17)15-21(27)23-13-6-14-25(2)19-7-4-3-5-8-19/h9-12,19-20H,3-8,13-15H2,1-2H3,(H,23,27)(H,24,26). The molecule has 1 unspecified atom stereocenters. The van der Waals surface area contributed by atoms with E-state index in [-0.39, 0.29) is 24.3 Å². The van der Waals surface area contributed by atoms with Gasteiger partial charge in [0, 0.05) is 24.5 Å². The SMILES string of the molecule is CC(=O)NC(CC(=O)NCCCN(C)C1CCCCC1)c1ccc(Cl)cc1. The van der Waals surface area contributed by atoms with Crippen molar-refractivity contribution in [3.8, 4) is 0 Å². The van der Waals surface area contributed by atoms with Crippen LogP contribution in [0.2, 0.25) is 5.02 Å². The van der Waals surface area contributed by atoms with Crippen molar-refractivity contribution in [2.75, 3.05) is 20.1 Å². The Morgan fingerprint density at radius 1 is 1.19 bits per heavy atom. The van der Waals surface area contributed by atoms with Gasteiger partial charge in [-0.2, -0.15) is 0 Å². The van der Waals surface area contributed by atoms with Crippen molar-refractivity contribution in [3.63, 3.8) is 0 Å². The number of halogens is 1. The van der Waals surface area contributed by atoms with E-state index in [0.717, 1.165) is 18.5 Å². The first-order valence-electron chi connectivity index (χ1n) is 9.95. The highest BCUT2D eigenvalue weighted by molar-refractivity contribution is 6.30. The zero-order chi connectivity index (χ0) is 19.6. The first-order valence-corrected chi connectivity index (χ1v) is 10.3. The Morgan fingerprint density at radius 3 is 2.48 bits per heavy atom. The molecule has 0 aliphatic heterocycles. The first-order chi connectivity index (χ1) is 13.0. The van der Waals surface area contributed by atoms with E-state index < -0.39 is 0 Å². The molecule has 1 fully saturated rings.